The summed E-state index contributed by atoms with van der Waals surface area (Å²) < 4.78 is 10.6. The Morgan fingerprint density at radius 3 is 2.59 bits per heavy atom. The van der Waals surface area contributed by atoms with Crippen molar-refractivity contribution in [2.75, 3.05) is 14.2 Å². The average Bonchev–Trinajstić information content (AvgIpc) is 3.03. The average molecular weight is 314 g/mol. The van der Waals surface area contributed by atoms with Crippen LogP contribution in [0.15, 0.2) is 17.5 Å². The molecule has 113 valence electrons. The van der Waals surface area contributed by atoms with Crippen LogP contribution in [0.25, 0.3) is 21.7 Å². The van der Waals surface area contributed by atoms with Crippen LogP contribution in [-0.4, -0.2) is 29.2 Å². The minimum absolute atomic E-state index is 0.384. The second-order valence-electron chi connectivity index (χ2n) is 5.12. The molecule has 0 N–H and O–H groups in total. The molecule has 5 nitrogen and oxygen atoms in total. The van der Waals surface area contributed by atoms with Gasteiger partial charge in [0.2, 0.25) is 0 Å². The van der Waals surface area contributed by atoms with Gasteiger partial charge < -0.3 is 9.47 Å². The van der Waals surface area contributed by atoms with E-state index in [1.54, 1.807) is 31.6 Å². The lowest BCUT2D eigenvalue weighted by Gasteiger charge is -2.08. The van der Waals surface area contributed by atoms with Gasteiger partial charge in [-0.05, 0) is 5.92 Å². The monoisotopic (exact) mass is 314 g/mol. The molecule has 22 heavy (non-hydrogen) atoms. The van der Waals surface area contributed by atoms with Crippen LogP contribution in [0.3, 0.4) is 0 Å². The molecule has 1 radical (unpaired) electrons. The molecule has 2 heterocycles. The van der Waals surface area contributed by atoms with Crippen molar-refractivity contribution < 1.29 is 9.47 Å². The quantitative estimate of drug-likeness (QED) is 0.735. The predicted molar refractivity (Wildman–Crippen MR) is 86.7 cm³/mol. The summed E-state index contributed by atoms with van der Waals surface area (Å²) in [6, 6.07) is 3.64. The van der Waals surface area contributed by atoms with Gasteiger partial charge in [0.15, 0.2) is 10.8 Å². The third-order valence-corrected chi connectivity index (χ3v) is 4.17. The van der Waals surface area contributed by atoms with E-state index in [0.29, 0.717) is 23.2 Å². The number of hydrogen-bond donors (Lipinski definition) is 0. The van der Waals surface area contributed by atoms with Crippen LogP contribution >= 0.6 is 11.3 Å². The third kappa shape index (κ3) is 2.62. The summed E-state index contributed by atoms with van der Waals surface area (Å²) in [6.45, 7) is 4.23. The summed E-state index contributed by atoms with van der Waals surface area (Å²) in [5, 5.41) is 3.57. The Morgan fingerprint density at radius 1 is 1.14 bits per heavy atom. The van der Waals surface area contributed by atoms with Gasteiger partial charge in [-0.3, -0.25) is 0 Å². The van der Waals surface area contributed by atoms with Crippen LogP contribution in [0.1, 0.15) is 25.5 Å². The van der Waals surface area contributed by atoms with Crippen molar-refractivity contribution in [2.24, 2.45) is 0 Å². The van der Waals surface area contributed by atoms with Gasteiger partial charge in [-0.25, -0.2) is 15.0 Å². The number of benzene rings is 1. The molecule has 0 amide bonds. The smallest absolute Gasteiger partial charge is 0.189 e. The molecule has 0 aliphatic heterocycles. The highest BCUT2D eigenvalue weighted by Crippen LogP contribution is 2.31. The number of aromatic nitrogens is 3. The lowest BCUT2D eigenvalue weighted by Crippen LogP contribution is -1.95. The van der Waals surface area contributed by atoms with Gasteiger partial charge in [0.25, 0.3) is 0 Å². The first-order chi connectivity index (χ1) is 10.6. The zero-order valence-electron chi connectivity index (χ0n) is 12.9. The van der Waals surface area contributed by atoms with E-state index in [1.165, 1.54) is 0 Å². The maximum atomic E-state index is 5.35. The molecule has 6 heteroatoms. The zero-order valence-corrected chi connectivity index (χ0v) is 13.7. The first-order valence-corrected chi connectivity index (χ1v) is 7.77. The first-order valence-electron chi connectivity index (χ1n) is 6.89. The molecule has 3 aromatic rings. The van der Waals surface area contributed by atoms with Crippen molar-refractivity contribution in [1.82, 2.24) is 15.0 Å². The van der Waals surface area contributed by atoms with Gasteiger partial charge >= 0.3 is 0 Å². The lowest BCUT2D eigenvalue weighted by atomic mass is 10.2. The Hall–Kier alpha value is -2.21. The molecule has 0 atom stereocenters. The summed E-state index contributed by atoms with van der Waals surface area (Å²) in [7, 11) is 3.22. The van der Waals surface area contributed by atoms with Crippen LogP contribution in [-0.2, 0) is 0 Å². The summed E-state index contributed by atoms with van der Waals surface area (Å²) in [5.74, 6) is 2.28. The normalized spacial score (nSPS) is 11.1. The van der Waals surface area contributed by atoms with Crippen LogP contribution in [0, 0.1) is 6.20 Å². The Morgan fingerprint density at radius 2 is 1.95 bits per heavy atom. The number of thiazole rings is 1. The van der Waals surface area contributed by atoms with E-state index in [0.717, 1.165) is 21.6 Å². The van der Waals surface area contributed by atoms with Gasteiger partial charge in [0.1, 0.15) is 17.7 Å². The van der Waals surface area contributed by atoms with Crippen molar-refractivity contribution in [3.63, 3.8) is 0 Å². The zero-order chi connectivity index (χ0) is 15.7. The summed E-state index contributed by atoms with van der Waals surface area (Å²) in [6.07, 6.45) is 3.00. The molecule has 0 aliphatic rings. The topological polar surface area (TPSA) is 57.1 Å². The largest absolute Gasteiger partial charge is 0.497 e. The minimum atomic E-state index is 0.384. The molecule has 0 saturated heterocycles. The summed E-state index contributed by atoms with van der Waals surface area (Å²) in [5.41, 5.74) is 1.77. The highest BCUT2D eigenvalue weighted by atomic mass is 32.1. The van der Waals surface area contributed by atoms with Gasteiger partial charge in [0.05, 0.1) is 30.8 Å². The van der Waals surface area contributed by atoms with Crippen molar-refractivity contribution in [3.05, 3.63) is 29.4 Å². The molecule has 0 spiro atoms. The van der Waals surface area contributed by atoms with Gasteiger partial charge in [-0.2, -0.15) is 0 Å². The lowest BCUT2D eigenvalue weighted by molar-refractivity contribution is 0.397. The Balaban J connectivity index is 2.11. The summed E-state index contributed by atoms with van der Waals surface area (Å²) in [4.78, 5) is 13.5. The first kappa shape index (κ1) is 14.7. The molecule has 0 unspecified atom stereocenters. The highest BCUT2D eigenvalue weighted by molar-refractivity contribution is 7.13. The molecule has 0 fully saturated rings. The maximum Gasteiger partial charge on any atom is 0.189 e. The van der Waals surface area contributed by atoms with Crippen molar-refractivity contribution in [1.29, 1.82) is 0 Å². The van der Waals surface area contributed by atoms with Gasteiger partial charge in [-0.1, -0.05) is 13.8 Å². The summed E-state index contributed by atoms with van der Waals surface area (Å²) >= 11 is 1.54. The number of nitrogens with zero attached hydrogens (tertiary/aromatic N) is 3. The molecule has 0 aliphatic carbocycles. The molecular formula is C16H16N3O2S. The van der Waals surface area contributed by atoms with E-state index in [-0.39, 0.29) is 0 Å². The number of methoxy groups -OCH3 is 2. The SMILES string of the molecule is COc1cc(OC)c2[c]nc(-c3nc(C(C)C)cs3)nc2c1. The van der Waals surface area contributed by atoms with Crippen molar-refractivity contribution in [2.45, 2.75) is 19.8 Å². The second-order valence-corrected chi connectivity index (χ2v) is 5.97. The van der Waals surface area contributed by atoms with Crippen LogP contribution in [0.5, 0.6) is 11.5 Å². The van der Waals surface area contributed by atoms with E-state index in [1.807, 2.05) is 11.4 Å². The predicted octanol–water partition coefficient (Wildman–Crippen LogP) is 3.69. The number of ether oxygens (including phenoxy) is 2. The third-order valence-electron chi connectivity index (χ3n) is 3.32. The van der Waals surface area contributed by atoms with E-state index in [2.05, 4.69) is 35.0 Å². The maximum absolute atomic E-state index is 5.35. The van der Waals surface area contributed by atoms with Crippen LogP contribution < -0.4 is 9.47 Å². The van der Waals surface area contributed by atoms with Crippen molar-refractivity contribution >= 4 is 22.2 Å². The van der Waals surface area contributed by atoms with E-state index in [9.17, 15) is 0 Å². The molecule has 1 aromatic carbocycles. The second kappa shape index (κ2) is 5.88. The fourth-order valence-electron chi connectivity index (χ4n) is 2.05. The van der Waals surface area contributed by atoms with Crippen molar-refractivity contribution in [3.8, 4) is 22.3 Å². The standard InChI is InChI=1S/C16H16N3O2S/c1-9(2)13-8-22-16(19-13)15-17-7-11-12(18-15)5-10(20-3)6-14(11)21-4/h5-6,8-9H,1-4H3. The number of fused-ring (bicyclic) bond motifs is 1. The Bertz CT molecular complexity index is 814. The number of rotatable bonds is 4. The van der Waals surface area contributed by atoms with Gasteiger partial charge in [-0.15, -0.1) is 11.3 Å². The minimum Gasteiger partial charge on any atom is -0.497 e. The molecular weight excluding hydrogens is 298 g/mol. The van der Waals surface area contributed by atoms with Gasteiger partial charge in [0, 0.05) is 17.5 Å². The fourth-order valence-corrected chi connectivity index (χ4v) is 2.97. The van der Waals surface area contributed by atoms with Crippen LogP contribution in [0.2, 0.25) is 0 Å². The molecule has 3 rings (SSSR count). The fraction of sp³-hybridized carbons (Fsp3) is 0.312. The van der Waals surface area contributed by atoms with E-state index < -0.39 is 0 Å². The van der Waals surface area contributed by atoms with Crippen LogP contribution in [0.4, 0.5) is 0 Å². The van der Waals surface area contributed by atoms with E-state index in [4.69, 9.17) is 9.47 Å². The Kier molecular flexibility index (Phi) is 3.94. The highest BCUT2D eigenvalue weighted by Gasteiger charge is 2.13. The number of hydrogen-bond acceptors (Lipinski definition) is 6. The Labute approximate surface area is 133 Å². The molecule has 2 aromatic heterocycles. The molecule has 0 bridgehead atoms. The molecule has 0 saturated carbocycles. The van der Waals surface area contributed by atoms with E-state index >= 15 is 0 Å².